The smallest absolute Gasteiger partial charge is 0.238 e. The van der Waals surface area contributed by atoms with Gasteiger partial charge in [-0.1, -0.05) is 23.5 Å². The predicted molar refractivity (Wildman–Crippen MR) is 94.5 cm³/mol. The number of halogens is 1. The number of hydrogen-bond donors (Lipinski definition) is 1. The molecule has 0 bridgehead atoms. The fourth-order valence-electron chi connectivity index (χ4n) is 2.08. The van der Waals surface area contributed by atoms with E-state index in [1.807, 2.05) is 12.1 Å². The molecule has 0 aliphatic rings. The van der Waals surface area contributed by atoms with Gasteiger partial charge in [0.15, 0.2) is 0 Å². The van der Waals surface area contributed by atoms with E-state index < -0.39 is 15.8 Å². The number of anilines is 1. The zero-order chi connectivity index (χ0) is 17.9. The highest BCUT2D eigenvalue weighted by Crippen LogP contribution is 2.28. The molecule has 0 aliphatic heterocycles. The molecule has 3 aromatic rings. The minimum atomic E-state index is -3.66. The van der Waals surface area contributed by atoms with Crippen LogP contribution in [0.15, 0.2) is 48.5 Å². The lowest BCUT2D eigenvalue weighted by molar-refractivity contribution is 0.415. The van der Waals surface area contributed by atoms with Gasteiger partial charge in [0, 0.05) is 5.56 Å². The van der Waals surface area contributed by atoms with Crippen LogP contribution < -0.4 is 9.46 Å². The Morgan fingerprint density at radius 1 is 1.08 bits per heavy atom. The van der Waals surface area contributed by atoms with Gasteiger partial charge in [0.2, 0.25) is 15.2 Å². The van der Waals surface area contributed by atoms with Gasteiger partial charge in [-0.25, -0.2) is 12.8 Å². The molecule has 0 aliphatic carbocycles. The molecular formula is C16H14FN3O3S2. The molecule has 130 valence electrons. The Morgan fingerprint density at radius 2 is 1.76 bits per heavy atom. The van der Waals surface area contributed by atoms with Gasteiger partial charge in [-0.3, -0.25) is 4.72 Å². The largest absolute Gasteiger partial charge is 0.497 e. The van der Waals surface area contributed by atoms with Crippen LogP contribution in [0.25, 0.3) is 10.6 Å². The van der Waals surface area contributed by atoms with Crippen LogP contribution >= 0.6 is 11.3 Å². The van der Waals surface area contributed by atoms with E-state index in [2.05, 4.69) is 14.9 Å². The Hall–Kier alpha value is -2.52. The second kappa shape index (κ2) is 7.16. The van der Waals surface area contributed by atoms with Crippen molar-refractivity contribution in [2.45, 2.75) is 5.75 Å². The Labute approximate surface area is 148 Å². The average Bonchev–Trinajstić information content (AvgIpc) is 3.04. The van der Waals surface area contributed by atoms with Crippen molar-refractivity contribution in [2.24, 2.45) is 0 Å². The summed E-state index contributed by atoms with van der Waals surface area (Å²) in [6.07, 6.45) is 0. The summed E-state index contributed by atoms with van der Waals surface area (Å²) >= 11 is 1.13. The first-order valence-corrected chi connectivity index (χ1v) is 9.65. The summed E-state index contributed by atoms with van der Waals surface area (Å²) in [6, 6.07) is 12.5. The molecule has 6 nitrogen and oxygen atoms in total. The summed E-state index contributed by atoms with van der Waals surface area (Å²) in [5.41, 5.74) is 1.29. The fraction of sp³-hybridized carbons (Fsp3) is 0.125. The lowest BCUT2D eigenvalue weighted by Gasteiger charge is -2.04. The Bertz CT molecular complexity index is 955. The van der Waals surface area contributed by atoms with Crippen LogP contribution in [0.3, 0.4) is 0 Å². The Kier molecular flexibility index (Phi) is 4.95. The number of methoxy groups -OCH3 is 1. The van der Waals surface area contributed by atoms with E-state index in [1.54, 1.807) is 19.2 Å². The number of nitrogens with one attached hydrogen (secondary N) is 1. The van der Waals surface area contributed by atoms with Crippen LogP contribution in [-0.2, 0) is 15.8 Å². The van der Waals surface area contributed by atoms with Gasteiger partial charge in [-0.05, 0) is 42.0 Å². The molecular weight excluding hydrogens is 365 g/mol. The first-order chi connectivity index (χ1) is 11.9. The fourth-order valence-corrected chi connectivity index (χ4v) is 4.24. The molecule has 0 fully saturated rings. The number of sulfonamides is 1. The molecule has 1 heterocycles. The maximum Gasteiger partial charge on any atom is 0.238 e. The van der Waals surface area contributed by atoms with Gasteiger partial charge in [-0.2, -0.15) is 0 Å². The van der Waals surface area contributed by atoms with Crippen molar-refractivity contribution in [2.75, 3.05) is 11.8 Å². The van der Waals surface area contributed by atoms with Crippen LogP contribution in [0.2, 0.25) is 0 Å². The highest BCUT2D eigenvalue weighted by molar-refractivity contribution is 7.92. The molecule has 9 heteroatoms. The summed E-state index contributed by atoms with van der Waals surface area (Å²) in [5, 5.41) is 8.62. The van der Waals surface area contributed by atoms with Gasteiger partial charge in [0.1, 0.15) is 16.6 Å². The lowest BCUT2D eigenvalue weighted by atomic mass is 10.2. The summed E-state index contributed by atoms with van der Waals surface area (Å²) < 4.78 is 44.8. The second-order valence-electron chi connectivity index (χ2n) is 5.13. The molecule has 1 N–H and O–H groups in total. The summed E-state index contributed by atoms with van der Waals surface area (Å²) in [7, 11) is -2.09. The Morgan fingerprint density at radius 3 is 2.40 bits per heavy atom. The molecule has 0 saturated carbocycles. The summed E-state index contributed by atoms with van der Waals surface area (Å²) in [6.45, 7) is 0. The van der Waals surface area contributed by atoms with Crippen molar-refractivity contribution in [3.8, 4) is 16.3 Å². The minimum Gasteiger partial charge on any atom is -0.497 e. The number of rotatable bonds is 6. The summed E-state index contributed by atoms with van der Waals surface area (Å²) in [4.78, 5) is 0. The molecule has 1 aromatic heterocycles. The molecule has 0 saturated heterocycles. The highest BCUT2D eigenvalue weighted by atomic mass is 32.2. The van der Waals surface area contributed by atoms with Gasteiger partial charge in [0.25, 0.3) is 0 Å². The zero-order valence-corrected chi connectivity index (χ0v) is 14.8. The molecule has 0 spiro atoms. The SMILES string of the molecule is COc1ccc(-c2nnc(NS(=O)(=O)Cc3ccc(F)cc3)s2)cc1. The van der Waals surface area contributed by atoms with Crippen molar-refractivity contribution < 1.29 is 17.5 Å². The van der Waals surface area contributed by atoms with Crippen LogP contribution in [0.1, 0.15) is 5.56 Å². The van der Waals surface area contributed by atoms with E-state index in [-0.39, 0.29) is 10.9 Å². The third kappa shape index (κ3) is 4.52. The van der Waals surface area contributed by atoms with E-state index in [1.165, 1.54) is 24.3 Å². The highest BCUT2D eigenvalue weighted by Gasteiger charge is 2.15. The quantitative estimate of drug-likeness (QED) is 0.711. The molecule has 0 atom stereocenters. The number of benzene rings is 2. The second-order valence-corrected chi connectivity index (χ2v) is 7.83. The third-order valence-corrected chi connectivity index (χ3v) is 5.51. The van der Waals surface area contributed by atoms with Crippen molar-refractivity contribution >= 4 is 26.5 Å². The number of nitrogens with zero attached hydrogens (tertiary/aromatic N) is 2. The van der Waals surface area contributed by atoms with Crippen molar-refractivity contribution in [3.63, 3.8) is 0 Å². The van der Waals surface area contributed by atoms with E-state index in [4.69, 9.17) is 4.74 Å². The van der Waals surface area contributed by atoms with Gasteiger partial charge in [0.05, 0.1) is 12.9 Å². The van der Waals surface area contributed by atoms with Crippen LogP contribution in [0, 0.1) is 5.82 Å². The number of aromatic nitrogens is 2. The first-order valence-electron chi connectivity index (χ1n) is 7.18. The molecule has 3 rings (SSSR count). The average molecular weight is 379 g/mol. The van der Waals surface area contributed by atoms with E-state index in [0.717, 1.165) is 16.9 Å². The van der Waals surface area contributed by atoms with E-state index in [0.29, 0.717) is 16.3 Å². The van der Waals surface area contributed by atoms with Crippen molar-refractivity contribution in [1.29, 1.82) is 0 Å². The van der Waals surface area contributed by atoms with Crippen LogP contribution in [0.4, 0.5) is 9.52 Å². The standard InChI is InChI=1S/C16H14FN3O3S2/c1-23-14-8-4-12(5-9-14)15-18-19-16(24-15)20-25(21,22)10-11-2-6-13(17)7-3-11/h2-9H,10H2,1H3,(H,19,20). The molecule has 2 aromatic carbocycles. The molecule has 0 radical (unpaired) electrons. The monoisotopic (exact) mass is 379 g/mol. The van der Waals surface area contributed by atoms with Crippen LogP contribution in [-0.4, -0.2) is 25.7 Å². The molecule has 0 amide bonds. The minimum absolute atomic E-state index is 0.174. The van der Waals surface area contributed by atoms with Crippen LogP contribution in [0.5, 0.6) is 5.75 Å². The predicted octanol–water partition coefficient (Wildman–Crippen LogP) is 3.29. The first kappa shape index (κ1) is 17.3. The van der Waals surface area contributed by atoms with Gasteiger partial charge < -0.3 is 4.74 Å². The topological polar surface area (TPSA) is 81.2 Å². The van der Waals surface area contributed by atoms with E-state index in [9.17, 15) is 12.8 Å². The number of ether oxygens (including phenoxy) is 1. The normalized spacial score (nSPS) is 11.3. The Balaban J connectivity index is 1.72. The third-order valence-electron chi connectivity index (χ3n) is 3.27. The van der Waals surface area contributed by atoms with E-state index >= 15 is 0 Å². The lowest BCUT2D eigenvalue weighted by Crippen LogP contribution is -2.14. The summed E-state index contributed by atoms with van der Waals surface area (Å²) in [5.74, 6) is 0.0286. The molecule has 25 heavy (non-hydrogen) atoms. The van der Waals surface area contributed by atoms with Crippen molar-refractivity contribution in [1.82, 2.24) is 10.2 Å². The van der Waals surface area contributed by atoms with Gasteiger partial charge in [-0.15, -0.1) is 10.2 Å². The maximum absolute atomic E-state index is 12.9. The van der Waals surface area contributed by atoms with Gasteiger partial charge >= 0.3 is 0 Å². The number of hydrogen-bond acceptors (Lipinski definition) is 6. The zero-order valence-electron chi connectivity index (χ0n) is 13.1. The van der Waals surface area contributed by atoms with Crippen molar-refractivity contribution in [3.05, 3.63) is 59.9 Å². The maximum atomic E-state index is 12.9. The molecule has 0 unspecified atom stereocenters.